The summed E-state index contributed by atoms with van der Waals surface area (Å²) in [5.74, 6) is 1.58. The Labute approximate surface area is 100 Å². The summed E-state index contributed by atoms with van der Waals surface area (Å²) >= 11 is 0. The van der Waals surface area contributed by atoms with E-state index in [4.69, 9.17) is 9.05 Å². The lowest BCUT2D eigenvalue weighted by Crippen LogP contribution is -1.91. The lowest BCUT2D eigenvalue weighted by Gasteiger charge is -2.11. The van der Waals surface area contributed by atoms with Crippen LogP contribution >= 0.6 is 7.60 Å². The fraction of sp³-hybridized carbons (Fsp3) is 0.167. The zero-order chi connectivity index (χ0) is 12.7. The van der Waals surface area contributed by atoms with Crippen molar-refractivity contribution in [3.63, 3.8) is 0 Å². The summed E-state index contributed by atoms with van der Waals surface area (Å²) in [4.78, 5) is 10.7. The second kappa shape index (κ2) is 6.33. The van der Waals surface area contributed by atoms with Gasteiger partial charge in [-0.25, -0.2) is 4.79 Å². The molecule has 1 aromatic rings. The monoisotopic (exact) mass is 252 g/mol. The van der Waals surface area contributed by atoms with Crippen LogP contribution in [0.25, 0.3) is 6.08 Å². The second-order valence-electron chi connectivity index (χ2n) is 3.09. The summed E-state index contributed by atoms with van der Waals surface area (Å²) in [5, 5.41) is -0.133. The van der Waals surface area contributed by atoms with Crippen molar-refractivity contribution in [3.05, 3.63) is 47.3 Å². The number of carbonyl (C=O) groups excluding carboxylic acids is 1. The first-order valence-electron chi connectivity index (χ1n) is 4.86. The van der Waals surface area contributed by atoms with Gasteiger partial charge >= 0.3 is 7.60 Å². The molecule has 0 aliphatic heterocycles. The Morgan fingerprint density at radius 2 is 1.82 bits per heavy atom. The number of hydrogen-bond acceptors (Lipinski definition) is 4. The van der Waals surface area contributed by atoms with Crippen LogP contribution in [0.4, 0.5) is 0 Å². The van der Waals surface area contributed by atoms with Gasteiger partial charge in [-0.15, -0.1) is 0 Å². The average molecular weight is 252 g/mol. The zero-order valence-corrected chi connectivity index (χ0v) is 10.5. The maximum atomic E-state index is 11.9. The number of benzene rings is 1. The summed E-state index contributed by atoms with van der Waals surface area (Å²) < 4.78 is 21.3. The summed E-state index contributed by atoms with van der Waals surface area (Å²) in [6.45, 7) is 0. The first-order valence-corrected chi connectivity index (χ1v) is 6.41. The van der Waals surface area contributed by atoms with E-state index in [9.17, 15) is 9.36 Å². The van der Waals surface area contributed by atoms with Gasteiger partial charge in [-0.2, -0.15) is 0 Å². The molecule has 1 aromatic carbocycles. The van der Waals surface area contributed by atoms with Crippen LogP contribution in [-0.4, -0.2) is 20.2 Å². The molecule has 0 bridgehead atoms. The average Bonchev–Trinajstić information content (AvgIpc) is 2.40. The summed E-state index contributed by atoms with van der Waals surface area (Å²) in [7, 11) is -1.08. The van der Waals surface area contributed by atoms with E-state index in [-0.39, 0.29) is 5.31 Å². The van der Waals surface area contributed by atoms with Crippen LogP contribution < -0.4 is 0 Å². The predicted molar refractivity (Wildman–Crippen MR) is 66.3 cm³/mol. The van der Waals surface area contributed by atoms with E-state index in [1.165, 1.54) is 20.3 Å². The molecule has 5 heteroatoms. The maximum absolute atomic E-state index is 11.9. The van der Waals surface area contributed by atoms with Crippen LogP contribution in [0.2, 0.25) is 0 Å². The van der Waals surface area contributed by atoms with Crippen molar-refractivity contribution in [2.24, 2.45) is 0 Å². The van der Waals surface area contributed by atoms with E-state index < -0.39 is 7.60 Å². The molecule has 0 aliphatic carbocycles. The fourth-order valence-corrected chi connectivity index (χ4v) is 2.10. The molecular weight excluding hydrogens is 239 g/mol. The molecule has 0 spiro atoms. The van der Waals surface area contributed by atoms with E-state index in [0.717, 1.165) is 5.56 Å². The van der Waals surface area contributed by atoms with Gasteiger partial charge < -0.3 is 9.05 Å². The molecule has 0 heterocycles. The van der Waals surface area contributed by atoms with Crippen LogP contribution in [0, 0.1) is 0 Å². The van der Waals surface area contributed by atoms with Crippen molar-refractivity contribution in [2.45, 2.75) is 0 Å². The number of rotatable bonds is 5. The van der Waals surface area contributed by atoms with E-state index in [2.05, 4.69) is 0 Å². The quantitative estimate of drug-likeness (QED) is 0.459. The topological polar surface area (TPSA) is 52.6 Å². The third-order valence-corrected chi connectivity index (χ3v) is 3.91. The minimum Gasteiger partial charge on any atom is -0.308 e. The second-order valence-corrected chi connectivity index (χ2v) is 5.30. The number of hydrogen-bond donors (Lipinski definition) is 0. The van der Waals surface area contributed by atoms with Crippen molar-refractivity contribution in [1.29, 1.82) is 0 Å². The van der Waals surface area contributed by atoms with Crippen LogP contribution in [0.5, 0.6) is 0 Å². The number of allylic oxidation sites excluding steroid dienone is 2. The highest BCUT2D eigenvalue weighted by Crippen LogP contribution is 2.54. The maximum Gasteiger partial charge on any atom is 0.371 e. The van der Waals surface area contributed by atoms with Gasteiger partial charge in [0.2, 0.25) is 0 Å². The lowest BCUT2D eigenvalue weighted by molar-refractivity contribution is 0.284. The highest BCUT2D eigenvalue weighted by atomic mass is 31.2. The van der Waals surface area contributed by atoms with Crippen LogP contribution in [-0.2, 0) is 18.4 Å². The molecule has 0 fully saturated rings. The summed E-state index contributed by atoms with van der Waals surface area (Å²) in [5.41, 5.74) is 0.874. The molecule has 0 saturated carbocycles. The molecule has 17 heavy (non-hydrogen) atoms. The van der Waals surface area contributed by atoms with Gasteiger partial charge in [-0.3, -0.25) is 4.57 Å². The highest BCUT2D eigenvalue weighted by Gasteiger charge is 2.26. The van der Waals surface area contributed by atoms with E-state index in [1.807, 2.05) is 30.3 Å². The molecular formula is C12H13O4P. The van der Waals surface area contributed by atoms with Crippen molar-refractivity contribution >= 4 is 19.6 Å². The van der Waals surface area contributed by atoms with Crippen molar-refractivity contribution in [1.82, 2.24) is 0 Å². The summed E-state index contributed by atoms with van der Waals surface area (Å²) in [6.07, 6.45) is 3.03. The molecule has 1 rings (SSSR count). The van der Waals surface area contributed by atoms with Crippen molar-refractivity contribution < 1.29 is 18.4 Å². The standard InChI is InChI=1S/C12H13O4P/c1-15-17(14,16-2)12(10-13)9-8-11-6-4-3-5-7-11/h3-9H,1-2H3/b9-8+. The zero-order valence-electron chi connectivity index (χ0n) is 9.62. The van der Waals surface area contributed by atoms with Crippen molar-refractivity contribution in [2.75, 3.05) is 14.2 Å². The Balaban J connectivity index is 2.97. The lowest BCUT2D eigenvalue weighted by atomic mass is 10.2. The molecule has 0 atom stereocenters. The largest absolute Gasteiger partial charge is 0.371 e. The Bertz CT molecular complexity index is 478. The van der Waals surface area contributed by atoms with Gasteiger partial charge in [0.15, 0.2) is 0 Å². The fourth-order valence-electron chi connectivity index (χ4n) is 1.19. The first kappa shape index (κ1) is 13.6. The van der Waals surface area contributed by atoms with Gasteiger partial charge in [-0.1, -0.05) is 36.4 Å². The van der Waals surface area contributed by atoms with E-state index >= 15 is 0 Å². The first-order chi connectivity index (χ1) is 8.16. The highest BCUT2D eigenvalue weighted by molar-refractivity contribution is 7.59. The van der Waals surface area contributed by atoms with Gasteiger partial charge in [0.1, 0.15) is 11.3 Å². The Morgan fingerprint density at radius 3 is 2.29 bits per heavy atom. The van der Waals surface area contributed by atoms with Gasteiger partial charge in [0, 0.05) is 14.2 Å². The summed E-state index contributed by atoms with van der Waals surface area (Å²) in [6, 6.07) is 9.29. The van der Waals surface area contributed by atoms with E-state index in [1.54, 1.807) is 12.0 Å². The molecule has 0 saturated heterocycles. The molecule has 90 valence electrons. The van der Waals surface area contributed by atoms with Crippen LogP contribution in [0.3, 0.4) is 0 Å². The minimum atomic E-state index is -3.52. The molecule has 4 nitrogen and oxygen atoms in total. The van der Waals surface area contributed by atoms with Gasteiger partial charge in [0.25, 0.3) is 0 Å². The molecule has 0 N–H and O–H groups in total. The molecule has 0 unspecified atom stereocenters. The van der Waals surface area contributed by atoms with Gasteiger partial charge in [-0.05, 0) is 11.6 Å². The Kier molecular flexibility index (Phi) is 5.08. The third kappa shape index (κ3) is 3.52. The normalized spacial score (nSPS) is 11.4. The Hall–Kier alpha value is -1.44. The third-order valence-electron chi connectivity index (χ3n) is 2.11. The van der Waals surface area contributed by atoms with Crippen LogP contribution in [0.1, 0.15) is 5.56 Å². The smallest absolute Gasteiger partial charge is 0.308 e. The van der Waals surface area contributed by atoms with E-state index in [0.29, 0.717) is 0 Å². The van der Waals surface area contributed by atoms with Crippen LogP contribution in [0.15, 0.2) is 41.7 Å². The molecule has 0 aromatic heterocycles. The minimum absolute atomic E-state index is 0.133. The van der Waals surface area contributed by atoms with Gasteiger partial charge in [0.05, 0.1) is 0 Å². The van der Waals surface area contributed by atoms with Crippen molar-refractivity contribution in [3.8, 4) is 0 Å². The molecule has 0 amide bonds. The Morgan fingerprint density at radius 1 is 1.24 bits per heavy atom. The SMILES string of the molecule is COP(=O)(OC)C(=C=O)/C=C/c1ccccc1. The molecule has 0 radical (unpaired) electrons. The molecule has 0 aliphatic rings. The predicted octanol–water partition coefficient (Wildman–Crippen LogP) is 2.90.